The third kappa shape index (κ3) is 4.08. The zero-order valence-corrected chi connectivity index (χ0v) is 10.6. The molecule has 8 heteroatoms. The molecular weight excluding hydrogens is 260 g/mol. The summed E-state index contributed by atoms with van der Waals surface area (Å²) in [4.78, 5) is 17.5. The molecule has 0 fully saturated rings. The van der Waals surface area contributed by atoms with Crippen LogP contribution >= 0.6 is 0 Å². The number of carbonyl (C=O) groups excluding carboxylic acids is 1. The van der Waals surface area contributed by atoms with Crippen LogP contribution in [0.2, 0.25) is 0 Å². The average Bonchev–Trinajstić information content (AvgIpc) is 2.35. The Morgan fingerprint density at radius 2 is 1.89 bits per heavy atom. The van der Waals surface area contributed by atoms with E-state index >= 15 is 0 Å². The van der Waals surface area contributed by atoms with Gasteiger partial charge >= 0.3 is 0 Å². The van der Waals surface area contributed by atoms with Gasteiger partial charge in [-0.05, 0) is 24.3 Å². The van der Waals surface area contributed by atoms with Crippen LogP contribution in [-0.2, 0) is 19.6 Å². The number of rotatable bonds is 7. The van der Waals surface area contributed by atoms with Crippen LogP contribution in [0.4, 0.5) is 0 Å². The van der Waals surface area contributed by atoms with E-state index in [0.29, 0.717) is 0 Å². The van der Waals surface area contributed by atoms with Crippen LogP contribution in [0.5, 0.6) is 0 Å². The van der Waals surface area contributed by atoms with Gasteiger partial charge in [0.25, 0.3) is 10.0 Å². The second-order valence-electron chi connectivity index (χ2n) is 3.32. The van der Waals surface area contributed by atoms with E-state index in [0.717, 1.165) is 0 Å². The Bertz CT molecular complexity index is 498. The highest BCUT2D eigenvalue weighted by atomic mass is 32.2. The molecule has 0 saturated heterocycles. The fraction of sp³-hybridized carbons (Fsp3) is 0.300. The van der Waals surface area contributed by atoms with Gasteiger partial charge < -0.3 is 10.5 Å². The Labute approximate surface area is 105 Å². The van der Waals surface area contributed by atoms with Crippen molar-refractivity contribution in [1.29, 1.82) is 0 Å². The molecule has 0 aliphatic carbocycles. The molecule has 1 aromatic rings. The van der Waals surface area contributed by atoms with Gasteiger partial charge in [0.05, 0.1) is 18.1 Å². The molecular formula is C10H14N2O5S. The number of methoxy groups -OCH3 is 1. The molecule has 1 rings (SSSR count). The molecule has 0 aliphatic heterocycles. The minimum Gasteiger partial charge on any atom is -0.382 e. The summed E-state index contributed by atoms with van der Waals surface area (Å²) in [6.45, 7) is 0.359. The molecule has 100 valence electrons. The number of benzene rings is 1. The highest BCUT2D eigenvalue weighted by molar-refractivity contribution is 7.89. The summed E-state index contributed by atoms with van der Waals surface area (Å²) in [6, 6.07) is 5.18. The molecule has 1 amide bonds. The van der Waals surface area contributed by atoms with Crippen molar-refractivity contribution in [1.82, 2.24) is 4.89 Å². The van der Waals surface area contributed by atoms with E-state index in [1.54, 1.807) is 0 Å². The van der Waals surface area contributed by atoms with Crippen LogP contribution in [0.25, 0.3) is 0 Å². The summed E-state index contributed by atoms with van der Waals surface area (Å²) in [7, 11) is -2.29. The molecule has 0 bridgehead atoms. The predicted octanol–water partition coefficient (Wildman–Crippen LogP) is -0.358. The number of hydrogen-bond donors (Lipinski definition) is 2. The first-order chi connectivity index (χ1) is 8.47. The fourth-order valence-corrected chi connectivity index (χ4v) is 1.92. The van der Waals surface area contributed by atoms with Gasteiger partial charge in [0.15, 0.2) is 0 Å². The number of nitrogens with two attached hydrogens (primary N) is 1. The van der Waals surface area contributed by atoms with Gasteiger partial charge in [0.2, 0.25) is 5.91 Å². The van der Waals surface area contributed by atoms with Crippen LogP contribution in [-0.4, -0.2) is 34.6 Å². The van der Waals surface area contributed by atoms with Gasteiger partial charge in [-0.15, -0.1) is 0 Å². The molecule has 1 aromatic carbocycles. The molecule has 0 radical (unpaired) electrons. The van der Waals surface area contributed by atoms with Crippen molar-refractivity contribution in [3.05, 3.63) is 29.8 Å². The lowest BCUT2D eigenvalue weighted by Gasteiger charge is -2.07. The zero-order chi connectivity index (χ0) is 13.6. The highest BCUT2D eigenvalue weighted by Gasteiger charge is 2.14. The Morgan fingerprint density at radius 3 is 2.39 bits per heavy atom. The third-order valence-corrected chi connectivity index (χ3v) is 3.24. The van der Waals surface area contributed by atoms with E-state index in [9.17, 15) is 13.2 Å². The minimum absolute atomic E-state index is 0.0232. The maximum atomic E-state index is 11.7. The number of primary amides is 1. The molecule has 0 aromatic heterocycles. The smallest absolute Gasteiger partial charge is 0.262 e. The van der Waals surface area contributed by atoms with Crippen molar-refractivity contribution in [2.24, 2.45) is 5.73 Å². The van der Waals surface area contributed by atoms with Crippen molar-refractivity contribution in [2.75, 3.05) is 20.3 Å². The predicted molar refractivity (Wildman–Crippen MR) is 63.1 cm³/mol. The van der Waals surface area contributed by atoms with Gasteiger partial charge in [0, 0.05) is 12.7 Å². The van der Waals surface area contributed by atoms with E-state index in [4.69, 9.17) is 15.3 Å². The quantitative estimate of drug-likeness (QED) is 0.521. The monoisotopic (exact) mass is 274 g/mol. The summed E-state index contributed by atoms with van der Waals surface area (Å²) < 4.78 is 28.1. The topological polar surface area (TPSA) is 108 Å². The largest absolute Gasteiger partial charge is 0.382 e. The number of amides is 1. The number of ether oxygens (including phenoxy) is 1. The van der Waals surface area contributed by atoms with Crippen molar-refractivity contribution in [2.45, 2.75) is 4.90 Å². The molecule has 0 saturated carbocycles. The Hall–Kier alpha value is -1.48. The van der Waals surface area contributed by atoms with E-state index < -0.39 is 15.9 Å². The zero-order valence-electron chi connectivity index (χ0n) is 9.75. The second-order valence-corrected chi connectivity index (χ2v) is 4.96. The Morgan fingerprint density at radius 1 is 1.28 bits per heavy atom. The van der Waals surface area contributed by atoms with Gasteiger partial charge in [-0.2, -0.15) is 0 Å². The first kappa shape index (κ1) is 14.6. The SMILES string of the molecule is COCCONS(=O)(=O)c1ccc(C(N)=O)cc1. The molecule has 0 unspecified atom stereocenters. The van der Waals surface area contributed by atoms with Crippen molar-refractivity contribution in [3.63, 3.8) is 0 Å². The summed E-state index contributed by atoms with van der Waals surface area (Å²) in [5.74, 6) is -0.622. The summed E-state index contributed by atoms with van der Waals surface area (Å²) in [5, 5.41) is 0. The normalized spacial score (nSPS) is 11.4. The van der Waals surface area contributed by atoms with Gasteiger partial charge in [0.1, 0.15) is 0 Å². The third-order valence-electron chi connectivity index (χ3n) is 2.01. The fourth-order valence-electron chi connectivity index (χ4n) is 1.09. The standard InChI is InChI=1S/C10H14N2O5S/c1-16-6-7-17-12-18(14,15)9-4-2-8(3-5-9)10(11)13/h2-5,12H,6-7H2,1H3,(H2,11,13). The number of hydrogen-bond acceptors (Lipinski definition) is 5. The molecule has 0 aliphatic rings. The summed E-state index contributed by atoms with van der Waals surface area (Å²) in [5.41, 5.74) is 5.27. The van der Waals surface area contributed by atoms with Crippen LogP contribution in [0, 0.1) is 0 Å². The maximum absolute atomic E-state index is 11.7. The average molecular weight is 274 g/mol. The number of nitrogens with one attached hydrogen (secondary N) is 1. The van der Waals surface area contributed by atoms with Crippen LogP contribution in [0.1, 0.15) is 10.4 Å². The van der Waals surface area contributed by atoms with Gasteiger partial charge in [-0.1, -0.05) is 4.89 Å². The highest BCUT2D eigenvalue weighted by Crippen LogP contribution is 2.10. The van der Waals surface area contributed by atoms with Crippen molar-refractivity contribution < 1.29 is 22.8 Å². The lowest BCUT2D eigenvalue weighted by molar-refractivity contribution is 0.0438. The molecule has 3 N–H and O–H groups in total. The first-order valence-electron chi connectivity index (χ1n) is 5.00. The molecule has 18 heavy (non-hydrogen) atoms. The van der Waals surface area contributed by atoms with Gasteiger partial charge in [-0.3, -0.25) is 9.63 Å². The lowest BCUT2D eigenvalue weighted by atomic mass is 10.2. The van der Waals surface area contributed by atoms with E-state index in [2.05, 4.69) is 0 Å². The lowest BCUT2D eigenvalue weighted by Crippen LogP contribution is -2.25. The van der Waals surface area contributed by atoms with Gasteiger partial charge in [-0.25, -0.2) is 8.42 Å². The molecule has 0 heterocycles. The number of carbonyl (C=O) groups is 1. The van der Waals surface area contributed by atoms with Crippen LogP contribution < -0.4 is 10.6 Å². The van der Waals surface area contributed by atoms with Crippen LogP contribution in [0.15, 0.2) is 29.2 Å². The molecule has 0 spiro atoms. The Balaban J connectivity index is 2.70. The Kier molecular flexibility index (Phi) is 5.23. The van der Waals surface area contributed by atoms with E-state index in [1.807, 2.05) is 4.89 Å². The second kappa shape index (κ2) is 6.45. The molecule has 0 atom stereocenters. The van der Waals surface area contributed by atoms with Crippen LogP contribution in [0.3, 0.4) is 0 Å². The van der Waals surface area contributed by atoms with E-state index in [1.165, 1.54) is 31.4 Å². The summed E-state index contributed by atoms with van der Waals surface area (Å²) in [6.07, 6.45) is 0. The van der Waals surface area contributed by atoms with Crippen molar-refractivity contribution in [3.8, 4) is 0 Å². The maximum Gasteiger partial charge on any atom is 0.262 e. The molecule has 7 nitrogen and oxygen atoms in total. The van der Waals surface area contributed by atoms with E-state index in [-0.39, 0.29) is 23.7 Å². The van der Waals surface area contributed by atoms with Crippen molar-refractivity contribution >= 4 is 15.9 Å². The first-order valence-corrected chi connectivity index (χ1v) is 6.48. The minimum atomic E-state index is -3.76. The summed E-state index contributed by atoms with van der Waals surface area (Å²) >= 11 is 0. The number of sulfonamides is 1.